The molecule has 0 N–H and O–H groups in total. The first-order valence-electron chi connectivity index (χ1n) is 5.53. The Morgan fingerprint density at radius 3 is 2.75 bits per heavy atom. The largest absolute Gasteiger partial charge is 0.297 e. The molecule has 0 atom stereocenters. The molecule has 0 unspecified atom stereocenters. The van der Waals surface area contributed by atoms with Gasteiger partial charge in [-0.3, -0.25) is 9.88 Å². The molecule has 1 rings (SSSR count). The van der Waals surface area contributed by atoms with Crippen LogP contribution < -0.4 is 0 Å². The average Bonchev–Trinajstić information content (AvgIpc) is 2.26. The topological polar surface area (TPSA) is 16.1 Å². The number of hydrogen-bond acceptors (Lipinski definition) is 2. The Kier molecular flexibility index (Phi) is 6.10. The van der Waals surface area contributed by atoms with Crippen LogP contribution in [-0.2, 0) is 6.54 Å². The van der Waals surface area contributed by atoms with Crippen molar-refractivity contribution in [2.75, 3.05) is 12.4 Å². The van der Waals surface area contributed by atoms with E-state index in [0.717, 1.165) is 30.1 Å². The van der Waals surface area contributed by atoms with Gasteiger partial charge in [0.2, 0.25) is 0 Å². The lowest BCUT2D eigenvalue weighted by Crippen LogP contribution is -2.31. The zero-order valence-electron chi connectivity index (χ0n) is 9.79. The highest BCUT2D eigenvalue weighted by Gasteiger charge is 2.11. The van der Waals surface area contributed by atoms with Gasteiger partial charge in [0, 0.05) is 30.9 Å². The smallest absolute Gasteiger partial charge is 0.0634 e. The Morgan fingerprint density at radius 2 is 2.19 bits per heavy atom. The fraction of sp³-hybridized carbons (Fsp3) is 0.583. The van der Waals surface area contributed by atoms with Crippen molar-refractivity contribution in [2.24, 2.45) is 0 Å². The molecule has 0 radical (unpaired) electrons. The van der Waals surface area contributed by atoms with Gasteiger partial charge < -0.3 is 0 Å². The number of nitrogens with zero attached hydrogens (tertiary/aromatic N) is 2. The second-order valence-electron chi connectivity index (χ2n) is 4.07. The van der Waals surface area contributed by atoms with E-state index in [1.54, 1.807) is 12.4 Å². The molecule has 0 amide bonds. The van der Waals surface area contributed by atoms with Crippen LogP contribution in [0.1, 0.15) is 25.8 Å². The number of aromatic nitrogens is 1. The molecule has 0 saturated heterocycles. The van der Waals surface area contributed by atoms with Crippen LogP contribution in [0.15, 0.2) is 18.5 Å². The highest BCUT2D eigenvalue weighted by atomic mass is 35.5. The van der Waals surface area contributed by atoms with Crippen LogP contribution in [0.5, 0.6) is 0 Å². The molecule has 1 aromatic rings. The molecule has 1 aromatic heterocycles. The van der Waals surface area contributed by atoms with Gasteiger partial charge in [0.05, 0.1) is 5.02 Å². The summed E-state index contributed by atoms with van der Waals surface area (Å²) in [6.45, 7) is 6.22. The zero-order chi connectivity index (χ0) is 12.0. The molecular formula is C12H18Cl2N2. The van der Waals surface area contributed by atoms with Crippen LogP contribution in [-0.4, -0.2) is 28.4 Å². The predicted octanol–water partition coefficient (Wildman–Crippen LogP) is 3.57. The third kappa shape index (κ3) is 4.28. The SMILES string of the molecule is CC(C)N(CCCCl)Cc1ccncc1Cl. The van der Waals surface area contributed by atoms with E-state index in [4.69, 9.17) is 23.2 Å². The molecule has 90 valence electrons. The minimum atomic E-state index is 0.493. The van der Waals surface area contributed by atoms with E-state index in [9.17, 15) is 0 Å². The minimum Gasteiger partial charge on any atom is -0.297 e. The third-order valence-corrected chi connectivity index (χ3v) is 3.15. The first kappa shape index (κ1) is 13.8. The average molecular weight is 261 g/mol. The Labute approximate surface area is 108 Å². The third-order valence-electron chi connectivity index (χ3n) is 2.54. The maximum atomic E-state index is 6.09. The van der Waals surface area contributed by atoms with Gasteiger partial charge in [-0.05, 0) is 38.4 Å². The van der Waals surface area contributed by atoms with Gasteiger partial charge in [0.1, 0.15) is 0 Å². The fourth-order valence-electron chi connectivity index (χ4n) is 1.53. The maximum absolute atomic E-state index is 6.09. The van der Waals surface area contributed by atoms with Crippen molar-refractivity contribution in [3.8, 4) is 0 Å². The number of halogens is 2. The van der Waals surface area contributed by atoms with Crippen LogP contribution in [0.2, 0.25) is 5.02 Å². The summed E-state index contributed by atoms with van der Waals surface area (Å²) in [7, 11) is 0. The van der Waals surface area contributed by atoms with Crippen LogP contribution in [0.25, 0.3) is 0 Å². The molecule has 0 aliphatic rings. The van der Waals surface area contributed by atoms with Crippen molar-refractivity contribution in [3.63, 3.8) is 0 Å². The van der Waals surface area contributed by atoms with E-state index in [1.807, 2.05) is 6.07 Å². The quantitative estimate of drug-likeness (QED) is 0.728. The van der Waals surface area contributed by atoms with Crippen molar-refractivity contribution in [1.82, 2.24) is 9.88 Å². The molecule has 0 spiro atoms. The van der Waals surface area contributed by atoms with Gasteiger partial charge in [-0.2, -0.15) is 0 Å². The molecule has 0 fully saturated rings. The Morgan fingerprint density at radius 1 is 1.44 bits per heavy atom. The number of alkyl halides is 1. The van der Waals surface area contributed by atoms with E-state index >= 15 is 0 Å². The molecule has 0 aromatic carbocycles. The number of rotatable bonds is 6. The highest BCUT2D eigenvalue weighted by Crippen LogP contribution is 2.17. The van der Waals surface area contributed by atoms with Gasteiger partial charge in [-0.1, -0.05) is 11.6 Å². The zero-order valence-corrected chi connectivity index (χ0v) is 11.3. The summed E-state index contributed by atoms with van der Waals surface area (Å²) in [6, 6.07) is 2.46. The normalized spacial score (nSPS) is 11.4. The monoisotopic (exact) mass is 260 g/mol. The summed E-state index contributed by atoms with van der Waals surface area (Å²) in [6.07, 6.45) is 4.47. The van der Waals surface area contributed by atoms with Crippen molar-refractivity contribution < 1.29 is 0 Å². The molecule has 0 aliphatic carbocycles. The van der Waals surface area contributed by atoms with Crippen LogP contribution in [0.4, 0.5) is 0 Å². The Bertz CT molecular complexity index is 316. The van der Waals surface area contributed by atoms with Gasteiger partial charge in [-0.15, -0.1) is 11.6 Å². The van der Waals surface area contributed by atoms with E-state index in [1.165, 1.54) is 0 Å². The maximum Gasteiger partial charge on any atom is 0.0634 e. The Balaban J connectivity index is 2.64. The lowest BCUT2D eigenvalue weighted by molar-refractivity contribution is 0.214. The van der Waals surface area contributed by atoms with Crippen LogP contribution in [0, 0.1) is 0 Å². The predicted molar refractivity (Wildman–Crippen MR) is 70.1 cm³/mol. The van der Waals surface area contributed by atoms with Gasteiger partial charge in [-0.25, -0.2) is 0 Å². The molecule has 0 bridgehead atoms. The summed E-state index contributed by atoms with van der Waals surface area (Å²) in [5.74, 6) is 0.702. The first-order chi connectivity index (χ1) is 7.65. The number of hydrogen-bond donors (Lipinski definition) is 0. The molecule has 2 nitrogen and oxygen atoms in total. The molecule has 4 heteroatoms. The van der Waals surface area contributed by atoms with Gasteiger partial charge >= 0.3 is 0 Å². The van der Waals surface area contributed by atoms with Crippen LogP contribution >= 0.6 is 23.2 Å². The molecular weight excluding hydrogens is 243 g/mol. The molecule has 16 heavy (non-hydrogen) atoms. The van der Waals surface area contributed by atoms with E-state index in [2.05, 4.69) is 23.7 Å². The van der Waals surface area contributed by atoms with E-state index < -0.39 is 0 Å². The summed E-state index contributed by atoms with van der Waals surface area (Å²) < 4.78 is 0. The molecule has 1 heterocycles. The van der Waals surface area contributed by atoms with Gasteiger partial charge in [0.25, 0.3) is 0 Å². The van der Waals surface area contributed by atoms with E-state index in [0.29, 0.717) is 11.9 Å². The lowest BCUT2D eigenvalue weighted by Gasteiger charge is -2.26. The van der Waals surface area contributed by atoms with Gasteiger partial charge in [0.15, 0.2) is 0 Å². The standard InChI is InChI=1S/C12H18Cl2N2/c1-10(2)16(7-3-5-13)9-11-4-6-15-8-12(11)14/h4,6,8,10H,3,5,7,9H2,1-2H3. The molecule has 0 saturated carbocycles. The first-order valence-corrected chi connectivity index (χ1v) is 6.44. The second kappa shape index (κ2) is 7.10. The van der Waals surface area contributed by atoms with Crippen molar-refractivity contribution >= 4 is 23.2 Å². The number of pyridine rings is 1. The summed E-state index contributed by atoms with van der Waals surface area (Å²) in [4.78, 5) is 6.35. The Hall–Kier alpha value is -0.310. The highest BCUT2D eigenvalue weighted by molar-refractivity contribution is 6.31. The minimum absolute atomic E-state index is 0.493. The van der Waals surface area contributed by atoms with Crippen molar-refractivity contribution in [2.45, 2.75) is 32.9 Å². The fourth-order valence-corrected chi connectivity index (χ4v) is 1.83. The van der Waals surface area contributed by atoms with E-state index in [-0.39, 0.29) is 0 Å². The summed E-state index contributed by atoms with van der Waals surface area (Å²) in [5.41, 5.74) is 1.12. The van der Waals surface area contributed by atoms with Crippen molar-refractivity contribution in [3.05, 3.63) is 29.0 Å². The lowest BCUT2D eigenvalue weighted by atomic mass is 10.2. The molecule has 0 aliphatic heterocycles. The summed E-state index contributed by atoms with van der Waals surface area (Å²) in [5, 5.41) is 0.735. The van der Waals surface area contributed by atoms with Crippen LogP contribution in [0.3, 0.4) is 0 Å². The van der Waals surface area contributed by atoms with Crippen molar-refractivity contribution in [1.29, 1.82) is 0 Å². The summed E-state index contributed by atoms with van der Waals surface area (Å²) >= 11 is 11.8. The second-order valence-corrected chi connectivity index (χ2v) is 4.86.